The molecule has 0 unspecified atom stereocenters. The average Bonchev–Trinajstić information content (AvgIpc) is 3.45. The number of hydrogen-bond acceptors (Lipinski definition) is 6. The summed E-state index contributed by atoms with van der Waals surface area (Å²) in [7, 11) is 0. The summed E-state index contributed by atoms with van der Waals surface area (Å²) in [5.41, 5.74) is 6.00. The highest BCUT2D eigenvalue weighted by atomic mass is 16.6. The predicted molar refractivity (Wildman–Crippen MR) is 127 cm³/mol. The van der Waals surface area contributed by atoms with Crippen LogP contribution in [0.25, 0.3) is 33.9 Å². The van der Waals surface area contributed by atoms with Gasteiger partial charge in [0.1, 0.15) is 17.0 Å². The van der Waals surface area contributed by atoms with Gasteiger partial charge in [-0.15, -0.1) is 0 Å². The lowest BCUT2D eigenvalue weighted by atomic mass is 10.1. The molecule has 0 aliphatic carbocycles. The fourth-order valence-electron chi connectivity index (χ4n) is 3.71. The lowest BCUT2D eigenvalue weighted by Gasteiger charge is -1.98. The van der Waals surface area contributed by atoms with E-state index in [0.29, 0.717) is 23.0 Å². The first kappa shape index (κ1) is 20.4. The van der Waals surface area contributed by atoms with Gasteiger partial charge in [-0.2, -0.15) is 0 Å². The van der Waals surface area contributed by atoms with Crippen molar-refractivity contribution in [3.8, 4) is 22.8 Å². The molecule has 0 atom stereocenters. The molecule has 0 saturated carbocycles. The van der Waals surface area contributed by atoms with Gasteiger partial charge in [-0.05, 0) is 61.4 Å². The highest BCUT2D eigenvalue weighted by Crippen LogP contribution is 2.30. The van der Waals surface area contributed by atoms with Crippen molar-refractivity contribution in [2.75, 3.05) is 0 Å². The fraction of sp³-hybridized carbons (Fsp3) is 0.0769. The summed E-state index contributed by atoms with van der Waals surface area (Å²) in [5, 5.41) is 11.0. The quantitative estimate of drug-likeness (QED) is 0.167. The monoisotopic (exact) mass is 437 g/mol. The van der Waals surface area contributed by atoms with Crippen LogP contribution in [0, 0.1) is 24.0 Å². The molecular formula is C26H19N3O4. The van der Waals surface area contributed by atoms with Gasteiger partial charge in [0, 0.05) is 23.3 Å². The molecule has 0 bridgehead atoms. The van der Waals surface area contributed by atoms with E-state index in [1.807, 2.05) is 44.2 Å². The highest BCUT2D eigenvalue weighted by molar-refractivity contribution is 5.82. The summed E-state index contributed by atoms with van der Waals surface area (Å²) in [4.78, 5) is 19.7. The van der Waals surface area contributed by atoms with Crippen LogP contribution in [-0.4, -0.2) is 16.1 Å². The molecule has 0 amide bonds. The van der Waals surface area contributed by atoms with Gasteiger partial charge < -0.3 is 8.83 Å². The number of nitrogens with zero attached hydrogens (tertiary/aromatic N) is 3. The van der Waals surface area contributed by atoms with Crippen molar-refractivity contribution in [3.63, 3.8) is 0 Å². The molecule has 0 aliphatic rings. The van der Waals surface area contributed by atoms with E-state index in [-0.39, 0.29) is 5.69 Å². The molecule has 7 nitrogen and oxygen atoms in total. The van der Waals surface area contributed by atoms with E-state index in [4.69, 9.17) is 8.83 Å². The first-order chi connectivity index (χ1) is 16.0. The molecule has 2 heterocycles. The van der Waals surface area contributed by atoms with Crippen LogP contribution in [0.5, 0.6) is 0 Å². The average molecular weight is 437 g/mol. The number of non-ortho nitro benzene ring substituents is 1. The van der Waals surface area contributed by atoms with Crippen LogP contribution in [0.2, 0.25) is 0 Å². The Morgan fingerprint density at radius 1 is 0.939 bits per heavy atom. The second kappa shape index (κ2) is 8.20. The Labute approximate surface area is 189 Å². The van der Waals surface area contributed by atoms with Crippen LogP contribution in [0.1, 0.15) is 16.9 Å². The first-order valence-corrected chi connectivity index (χ1v) is 10.3. The Bertz CT molecular complexity index is 1530. The third-order valence-electron chi connectivity index (χ3n) is 5.22. The lowest BCUT2D eigenvalue weighted by molar-refractivity contribution is -0.384. The molecule has 2 aromatic heterocycles. The zero-order chi connectivity index (χ0) is 22.9. The molecule has 33 heavy (non-hydrogen) atoms. The summed E-state index contributed by atoms with van der Waals surface area (Å²) in [6.07, 6.45) is 1.61. The van der Waals surface area contributed by atoms with E-state index in [1.165, 1.54) is 12.1 Å². The first-order valence-electron chi connectivity index (χ1n) is 10.3. The van der Waals surface area contributed by atoms with Gasteiger partial charge in [-0.3, -0.25) is 15.1 Å². The van der Waals surface area contributed by atoms with Gasteiger partial charge in [0.15, 0.2) is 5.58 Å². The van der Waals surface area contributed by atoms with Gasteiger partial charge in [0.05, 0.1) is 16.8 Å². The summed E-state index contributed by atoms with van der Waals surface area (Å²) in [5.74, 6) is 1.61. The second-order valence-electron chi connectivity index (χ2n) is 7.77. The fourth-order valence-corrected chi connectivity index (χ4v) is 3.71. The van der Waals surface area contributed by atoms with Crippen molar-refractivity contribution < 1.29 is 13.8 Å². The Balaban J connectivity index is 1.40. The van der Waals surface area contributed by atoms with E-state index in [1.54, 1.807) is 30.5 Å². The number of nitro benzene ring substituents is 1. The summed E-state index contributed by atoms with van der Waals surface area (Å²) in [6, 6.07) is 21.5. The predicted octanol–water partition coefficient (Wildman–Crippen LogP) is 7.03. The Kier molecular flexibility index (Phi) is 5.06. The minimum Gasteiger partial charge on any atom is -0.455 e. The molecule has 7 heteroatoms. The largest absolute Gasteiger partial charge is 0.455 e. The SMILES string of the molecule is Cc1cc(C)c2oc(-c3cccc(N=Cc4ccc(-c5cccc([N+](=O)[O-])c5)o4)c3)nc2c1. The van der Waals surface area contributed by atoms with Crippen LogP contribution in [0.4, 0.5) is 11.4 Å². The van der Waals surface area contributed by atoms with Crippen LogP contribution >= 0.6 is 0 Å². The van der Waals surface area contributed by atoms with E-state index in [9.17, 15) is 10.1 Å². The van der Waals surface area contributed by atoms with Crippen molar-refractivity contribution in [1.82, 2.24) is 4.98 Å². The van der Waals surface area contributed by atoms with E-state index >= 15 is 0 Å². The van der Waals surface area contributed by atoms with Crippen molar-refractivity contribution in [3.05, 3.63) is 99.8 Å². The zero-order valence-corrected chi connectivity index (χ0v) is 18.0. The summed E-state index contributed by atoms with van der Waals surface area (Å²) < 4.78 is 11.8. The highest BCUT2D eigenvalue weighted by Gasteiger charge is 2.12. The van der Waals surface area contributed by atoms with Crippen LogP contribution in [0.15, 0.2) is 86.6 Å². The van der Waals surface area contributed by atoms with Crippen molar-refractivity contribution in [2.24, 2.45) is 4.99 Å². The molecule has 3 aromatic carbocycles. The number of fused-ring (bicyclic) bond motifs is 1. The molecule has 0 aliphatic heterocycles. The van der Waals surface area contributed by atoms with Gasteiger partial charge in [-0.25, -0.2) is 4.98 Å². The minimum absolute atomic E-state index is 0.0143. The molecule has 5 rings (SSSR count). The van der Waals surface area contributed by atoms with E-state index < -0.39 is 4.92 Å². The molecule has 5 aromatic rings. The summed E-state index contributed by atoms with van der Waals surface area (Å²) in [6.45, 7) is 4.05. The van der Waals surface area contributed by atoms with Gasteiger partial charge in [-0.1, -0.05) is 24.3 Å². The van der Waals surface area contributed by atoms with Crippen molar-refractivity contribution in [2.45, 2.75) is 13.8 Å². The molecular weight excluding hydrogens is 418 g/mol. The van der Waals surface area contributed by atoms with Gasteiger partial charge in [0.2, 0.25) is 5.89 Å². The van der Waals surface area contributed by atoms with Crippen LogP contribution in [0.3, 0.4) is 0 Å². The second-order valence-corrected chi connectivity index (χ2v) is 7.77. The number of furan rings is 1. The Morgan fingerprint density at radius 3 is 2.61 bits per heavy atom. The van der Waals surface area contributed by atoms with Crippen molar-refractivity contribution in [1.29, 1.82) is 0 Å². The van der Waals surface area contributed by atoms with Gasteiger partial charge in [0.25, 0.3) is 5.69 Å². The standard InChI is InChI=1S/C26H19N3O4/c1-16-11-17(2)25-23(12-16)28-26(33-25)19-6-3-7-20(13-19)27-15-22-9-10-24(32-22)18-5-4-8-21(14-18)29(30)31/h3-15H,1-2H3. The molecule has 162 valence electrons. The number of rotatable bonds is 5. The Morgan fingerprint density at radius 2 is 1.76 bits per heavy atom. The van der Waals surface area contributed by atoms with Crippen LogP contribution < -0.4 is 0 Å². The topological polar surface area (TPSA) is 94.7 Å². The Hall–Kier alpha value is -4.52. The smallest absolute Gasteiger partial charge is 0.270 e. The normalized spacial score (nSPS) is 11.5. The maximum atomic E-state index is 11.0. The van der Waals surface area contributed by atoms with Crippen LogP contribution in [-0.2, 0) is 0 Å². The number of aryl methyl sites for hydroxylation is 2. The van der Waals surface area contributed by atoms with E-state index in [2.05, 4.69) is 16.0 Å². The number of benzene rings is 3. The molecule has 0 spiro atoms. The number of aromatic nitrogens is 1. The number of oxazole rings is 1. The summed E-state index contributed by atoms with van der Waals surface area (Å²) >= 11 is 0. The molecule has 0 radical (unpaired) electrons. The number of nitro groups is 1. The zero-order valence-electron chi connectivity index (χ0n) is 18.0. The number of hydrogen-bond donors (Lipinski definition) is 0. The lowest BCUT2D eigenvalue weighted by Crippen LogP contribution is -1.87. The van der Waals surface area contributed by atoms with Crippen molar-refractivity contribution >= 4 is 28.7 Å². The molecule has 0 saturated heterocycles. The maximum Gasteiger partial charge on any atom is 0.270 e. The molecule has 0 N–H and O–H groups in total. The minimum atomic E-state index is -0.429. The van der Waals surface area contributed by atoms with Gasteiger partial charge >= 0.3 is 0 Å². The third kappa shape index (κ3) is 4.16. The third-order valence-corrected chi connectivity index (χ3v) is 5.22. The maximum absolute atomic E-state index is 11.0. The number of aliphatic imine (C=N–C) groups is 1. The van der Waals surface area contributed by atoms with E-state index in [0.717, 1.165) is 33.5 Å². The molecule has 0 fully saturated rings.